The molecule has 2 aliphatic rings. The van der Waals surface area contributed by atoms with Crippen LogP contribution < -0.4 is 4.74 Å². The second-order valence-electron chi connectivity index (χ2n) is 9.54. The highest BCUT2D eigenvalue weighted by molar-refractivity contribution is 5.86. The number of hydrogen-bond donors (Lipinski definition) is 2. The molecule has 0 aromatic heterocycles. The number of benzene rings is 1. The highest BCUT2D eigenvalue weighted by atomic mass is 16.5. The summed E-state index contributed by atoms with van der Waals surface area (Å²) in [6, 6.07) is 4.10. The van der Waals surface area contributed by atoms with Crippen LogP contribution in [0.25, 0.3) is 0 Å². The molecule has 0 bridgehead atoms. The lowest BCUT2D eigenvalue weighted by Gasteiger charge is -2.47. The third-order valence-corrected chi connectivity index (χ3v) is 7.25. The van der Waals surface area contributed by atoms with Gasteiger partial charge in [0.25, 0.3) is 0 Å². The molecule has 1 saturated carbocycles. The number of rotatable bonds is 6. The van der Waals surface area contributed by atoms with Gasteiger partial charge in [0.1, 0.15) is 17.1 Å². The van der Waals surface area contributed by atoms with Crippen LogP contribution in [0.1, 0.15) is 103 Å². The Hall–Kier alpha value is -1.71. The number of fused-ring (bicyclic) bond motifs is 3. The first-order valence-corrected chi connectivity index (χ1v) is 11.0. The summed E-state index contributed by atoms with van der Waals surface area (Å²) in [6.45, 7) is 11.1. The van der Waals surface area contributed by atoms with Crippen molar-refractivity contribution in [1.82, 2.24) is 0 Å². The minimum atomic E-state index is -0.292. The van der Waals surface area contributed by atoms with Gasteiger partial charge in [0.05, 0.1) is 5.71 Å². The molecule has 4 heteroatoms. The second-order valence-corrected chi connectivity index (χ2v) is 9.54. The fourth-order valence-corrected chi connectivity index (χ4v) is 5.25. The van der Waals surface area contributed by atoms with Gasteiger partial charge < -0.3 is 15.1 Å². The summed E-state index contributed by atoms with van der Waals surface area (Å²) in [5.41, 5.74) is 2.59. The maximum absolute atomic E-state index is 11.0. The third kappa shape index (κ3) is 4.01. The molecule has 1 heterocycles. The van der Waals surface area contributed by atoms with Crippen LogP contribution in [0.4, 0.5) is 0 Å². The van der Waals surface area contributed by atoms with Crippen LogP contribution >= 0.6 is 0 Å². The first-order chi connectivity index (χ1) is 13.3. The van der Waals surface area contributed by atoms with Gasteiger partial charge in [0.2, 0.25) is 0 Å². The summed E-state index contributed by atoms with van der Waals surface area (Å²) in [5.74, 6) is 2.55. The molecule has 0 amide bonds. The van der Waals surface area contributed by atoms with Crippen molar-refractivity contribution in [1.29, 1.82) is 0 Å². The maximum atomic E-state index is 11.0. The van der Waals surface area contributed by atoms with Crippen LogP contribution in [-0.2, 0) is 0 Å². The summed E-state index contributed by atoms with van der Waals surface area (Å²) < 4.78 is 6.45. The van der Waals surface area contributed by atoms with E-state index in [1.165, 1.54) is 25.7 Å². The Morgan fingerprint density at radius 2 is 2.00 bits per heavy atom. The number of unbranched alkanes of at least 4 members (excludes halogenated alkanes) is 2. The van der Waals surface area contributed by atoms with Crippen LogP contribution in [0.15, 0.2) is 17.3 Å². The Kier molecular flexibility index (Phi) is 6.26. The van der Waals surface area contributed by atoms with Crippen molar-refractivity contribution in [3.8, 4) is 11.5 Å². The molecule has 0 radical (unpaired) electrons. The maximum Gasteiger partial charge on any atom is 0.127 e. The molecule has 2 N–H and O–H groups in total. The molecule has 2 unspecified atom stereocenters. The van der Waals surface area contributed by atoms with Crippen LogP contribution in [0.2, 0.25) is 0 Å². The highest BCUT2D eigenvalue weighted by Crippen LogP contribution is 2.54. The van der Waals surface area contributed by atoms with Crippen LogP contribution in [0, 0.1) is 11.8 Å². The summed E-state index contributed by atoms with van der Waals surface area (Å²) in [6.07, 6.45) is 7.40. The normalized spacial score (nSPS) is 26.8. The van der Waals surface area contributed by atoms with E-state index in [1.807, 2.05) is 6.07 Å². The van der Waals surface area contributed by atoms with Crippen LogP contribution in [0.3, 0.4) is 0 Å². The highest BCUT2D eigenvalue weighted by Gasteiger charge is 2.47. The van der Waals surface area contributed by atoms with Crippen molar-refractivity contribution in [2.45, 2.75) is 97.0 Å². The van der Waals surface area contributed by atoms with E-state index in [2.05, 4.69) is 45.8 Å². The molecule has 4 atom stereocenters. The van der Waals surface area contributed by atoms with Gasteiger partial charge in [-0.3, -0.25) is 0 Å². The smallest absolute Gasteiger partial charge is 0.127 e. The SMILES string of the molecule is CCCCCC(C)C(C)c1cc(O)c2c(c1)OC(C)(C)[C@@H]1CCC(=NO)C[C@@H]21. The van der Waals surface area contributed by atoms with E-state index in [9.17, 15) is 10.3 Å². The molecular weight excluding hydrogens is 350 g/mol. The molecule has 1 aliphatic carbocycles. The summed E-state index contributed by atoms with van der Waals surface area (Å²) in [4.78, 5) is 0. The van der Waals surface area contributed by atoms with Gasteiger partial charge in [-0.25, -0.2) is 0 Å². The minimum Gasteiger partial charge on any atom is -0.508 e. The predicted octanol–water partition coefficient (Wildman–Crippen LogP) is 6.60. The number of phenolic OH excluding ortho intramolecular Hbond substituents is 1. The van der Waals surface area contributed by atoms with Gasteiger partial charge in [0.15, 0.2) is 0 Å². The van der Waals surface area contributed by atoms with Gasteiger partial charge in [0, 0.05) is 17.4 Å². The fraction of sp³-hybridized carbons (Fsp3) is 0.708. The van der Waals surface area contributed by atoms with E-state index < -0.39 is 0 Å². The monoisotopic (exact) mass is 387 g/mol. The van der Waals surface area contributed by atoms with Crippen molar-refractivity contribution in [2.24, 2.45) is 17.0 Å². The Balaban J connectivity index is 1.91. The van der Waals surface area contributed by atoms with E-state index in [0.29, 0.717) is 29.9 Å². The van der Waals surface area contributed by atoms with Crippen molar-refractivity contribution in [3.05, 3.63) is 23.3 Å². The molecule has 1 fully saturated rings. The molecule has 0 spiro atoms. The number of ether oxygens (including phenoxy) is 1. The van der Waals surface area contributed by atoms with Gasteiger partial charge in [-0.1, -0.05) is 51.6 Å². The molecule has 28 heavy (non-hydrogen) atoms. The largest absolute Gasteiger partial charge is 0.508 e. The van der Waals surface area contributed by atoms with Crippen molar-refractivity contribution < 1.29 is 15.1 Å². The summed E-state index contributed by atoms with van der Waals surface area (Å²) >= 11 is 0. The molecule has 0 saturated heterocycles. The lowest BCUT2D eigenvalue weighted by molar-refractivity contribution is 0.00290. The van der Waals surface area contributed by atoms with Gasteiger partial charge >= 0.3 is 0 Å². The standard InChI is InChI=1S/C24H37NO3/c1-6-7-8-9-15(2)16(3)17-12-21(26)23-19-14-18(25-27)10-11-20(19)24(4,5)28-22(23)13-17/h12-13,15-16,19-20,26-27H,6-11,14H2,1-5H3/t15?,16?,19-,20-/m1/s1. The minimum absolute atomic E-state index is 0.143. The quantitative estimate of drug-likeness (QED) is 0.328. The molecule has 1 aromatic rings. The number of nitrogens with zero attached hydrogens (tertiary/aromatic N) is 1. The van der Waals surface area contributed by atoms with Crippen molar-refractivity contribution >= 4 is 5.71 Å². The van der Waals surface area contributed by atoms with E-state index >= 15 is 0 Å². The van der Waals surface area contributed by atoms with E-state index in [0.717, 1.165) is 35.4 Å². The predicted molar refractivity (Wildman–Crippen MR) is 114 cm³/mol. The van der Waals surface area contributed by atoms with Crippen molar-refractivity contribution in [3.63, 3.8) is 0 Å². The summed E-state index contributed by atoms with van der Waals surface area (Å²) in [7, 11) is 0. The average molecular weight is 388 g/mol. The first-order valence-electron chi connectivity index (χ1n) is 11.0. The van der Waals surface area contributed by atoms with E-state index in [1.54, 1.807) is 0 Å². The zero-order valence-electron chi connectivity index (χ0n) is 18.2. The fourth-order valence-electron chi connectivity index (χ4n) is 5.25. The first kappa shape index (κ1) is 21.0. The lowest BCUT2D eigenvalue weighted by Crippen LogP contribution is -2.47. The Bertz CT molecular complexity index is 725. The molecule has 3 rings (SSSR count). The van der Waals surface area contributed by atoms with E-state index in [4.69, 9.17) is 4.74 Å². The number of oxime groups is 1. The van der Waals surface area contributed by atoms with Gasteiger partial charge in [-0.05, 0) is 62.6 Å². The van der Waals surface area contributed by atoms with Crippen LogP contribution in [-0.4, -0.2) is 21.6 Å². The number of aromatic hydroxyl groups is 1. The summed E-state index contributed by atoms with van der Waals surface area (Å²) in [5, 5.41) is 23.7. The van der Waals surface area contributed by atoms with Gasteiger partial charge in [-0.15, -0.1) is 0 Å². The van der Waals surface area contributed by atoms with Gasteiger partial charge in [-0.2, -0.15) is 0 Å². The zero-order chi connectivity index (χ0) is 20.5. The van der Waals surface area contributed by atoms with Crippen LogP contribution in [0.5, 0.6) is 11.5 Å². The zero-order valence-corrected chi connectivity index (χ0v) is 18.2. The molecule has 1 aliphatic heterocycles. The molecule has 4 nitrogen and oxygen atoms in total. The molecule has 156 valence electrons. The Labute approximate surface area is 170 Å². The number of hydrogen-bond acceptors (Lipinski definition) is 4. The van der Waals surface area contributed by atoms with Crippen molar-refractivity contribution in [2.75, 3.05) is 0 Å². The average Bonchev–Trinajstić information content (AvgIpc) is 2.66. The number of phenols is 1. The Morgan fingerprint density at radius 3 is 2.68 bits per heavy atom. The topological polar surface area (TPSA) is 62.0 Å². The second kappa shape index (κ2) is 8.34. The third-order valence-electron chi connectivity index (χ3n) is 7.25. The molecular formula is C24H37NO3. The lowest BCUT2D eigenvalue weighted by atomic mass is 9.66. The Morgan fingerprint density at radius 1 is 1.25 bits per heavy atom. The molecule has 1 aromatic carbocycles. The van der Waals surface area contributed by atoms with E-state index in [-0.39, 0.29) is 11.5 Å².